The average Bonchev–Trinajstić information content (AvgIpc) is 3.03. The average molecular weight is 451 g/mol. The summed E-state index contributed by atoms with van der Waals surface area (Å²) in [6.45, 7) is 6.57. The van der Waals surface area contributed by atoms with Gasteiger partial charge in [0.25, 0.3) is 0 Å². The Morgan fingerprint density at radius 1 is 1.26 bits per heavy atom. The summed E-state index contributed by atoms with van der Waals surface area (Å²) in [5, 5.41) is 9.24. The van der Waals surface area contributed by atoms with E-state index in [1.54, 1.807) is 40.8 Å². The predicted octanol–water partition coefficient (Wildman–Crippen LogP) is 4.17. The summed E-state index contributed by atoms with van der Waals surface area (Å²) in [6, 6.07) is 4.49. The molecule has 3 aromatic rings. The number of aryl methyl sites for hydroxylation is 2. The van der Waals surface area contributed by atoms with Crippen LogP contribution in [0.2, 0.25) is 0 Å². The van der Waals surface area contributed by atoms with Crippen molar-refractivity contribution in [1.82, 2.24) is 19.5 Å². The third kappa shape index (κ3) is 4.39. The quantitative estimate of drug-likeness (QED) is 0.578. The molecule has 0 spiro atoms. The molecule has 0 saturated heterocycles. The highest BCUT2D eigenvalue weighted by atomic mass is 32.2. The maximum atomic E-state index is 13.1. The second-order valence-corrected chi connectivity index (χ2v) is 9.04. The van der Waals surface area contributed by atoms with Gasteiger partial charge in [0.1, 0.15) is 23.0 Å². The van der Waals surface area contributed by atoms with Crippen LogP contribution in [-0.4, -0.2) is 35.1 Å². The summed E-state index contributed by atoms with van der Waals surface area (Å²) in [6.07, 6.45) is -3.80. The molecule has 0 amide bonds. The second kappa shape index (κ2) is 7.92. The number of ether oxygens (including phenoxy) is 1. The first kappa shape index (κ1) is 22.7. The Balaban J connectivity index is 2.23. The Bertz CT molecular complexity index is 1230. The Kier molecular flexibility index (Phi) is 5.80. The van der Waals surface area contributed by atoms with Gasteiger partial charge in [-0.15, -0.1) is 0 Å². The van der Waals surface area contributed by atoms with Crippen LogP contribution in [0.4, 0.5) is 13.2 Å². The highest BCUT2D eigenvalue weighted by Crippen LogP contribution is 2.34. The number of fused-ring (bicyclic) bond motifs is 1. The minimum atomic E-state index is -4.55. The molecule has 0 aliphatic heterocycles. The molecule has 0 fully saturated rings. The standard InChI is InChI=1S/C20H20F3N5O2S/c1-6-31(29)15-8-14(30-19(3,4)10-24)11(2)26-16(15)18-27-13-7-12(20(21,22)23)9-25-17(13)28(18)5/h7-9H,6H2,1-5H3/t31-/m1/s1. The van der Waals surface area contributed by atoms with Gasteiger partial charge < -0.3 is 9.30 Å². The van der Waals surface area contributed by atoms with E-state index in [9.17, 15) is 22.6 Å². The normalized spacial score (nSPS) is 13.3. The summed E-state index contributed by atoms with van der Waals surface area (Å²) in [4.78, 5) is 13.0. The maximum absolute atomic E-state index is 13.1. The lowest BCUT2D eigenvalue weighted by molar-refractivity contribution is -0.137. The summed E-state index contributed by atoms with van der Waals surface area (Å²) in [5.74, 6) is 0.801. The van der Waals surface area contributed by atoms with Crippen LogP contribution < -0.4 is 4.74 Å². The zero-order chi connectivity index (χ0) is 23.1. The first-order valence-corrected chi connectivity index (χ1v) is 10.6. The van der Waals surface area contributed by atoms with Gasteiger partial charge in [-0.3, -0.25) is 4.21 Å². The van der Waals surface area contributed by atoms with Gasteiger partial charge >= 0.3 is 6.18 Å². The molecule has 0 saturated carbocycles. The first-order valence-electron chi connectivity index (χ1n) is 9.28. The molecule has 0 radical (unpaired) electrons. The third-order valence-electron chi connectivity index (χ3n) is 4.52. The molecule has 0 N–H and O–H groups in total. The van der Waals surface area contributed by atoms with Gasteiger partial charge in [-0.2, -0.15) is 18.4 Å². The number of nitriles is 1. The van der Waals surface area contributed by atoms with Crippen molar-refractivity contribution in [2.75, 3.05) is 5.75 Å². The van der Waals surface area contributed by atoms with Crippen molar-refractivity contribution in [2.24, 2.45) is 7.05 Å². The highest BCUT2D eigenvalue weighted by molar-refractivity contribution is 7.85. The molecule has 11 heteroatoms. The van der Waals surface area contributed by atoms with Crippen LogP contribution >= 0.6 is 0 Å². The molecule has 3 heterocycles. The zero-order valence-electron chi connectivity index (χ0n) is 17.5. The van der Waals surface area contributed by atoms with Gasteiger partial charge in [0, 0.05) is 25.1 Å². The van der Waals surface area contributed by atoms with Crippen molar-refractivity contribution in [3.63, 3.8) is 0 Å². The van der Waals surface area contributed by atoms with Gasteiger partial charge in [-0.05, 0) is 26.8 Å². The lowest BCUT2D eigenvalue weighted by Crippen LogP contribution is -2.26. The number of hydrogen-bond donors (Lipinski definition) is 0. The van der Waals surface area contributed by atoms with Crippen LogP contribution in [0, 0.1) is 18.3 Å². The van der Waals surface area contributed by atoms with Gasteiger partial charge in [-0.25, -0.2) is 15.0 Å². The van der Waals surface area contributed by atoms with Crippen LogP contribution in [0.5, 0.6) is 5.75 Å². The first-order chi connectivity index (χ1) is 14.4. The number of hydrogen-bond acceptors (Lipinski definition) is 6. The Labute approximate surface area is 179 Å². The molecule has 0 aliphatic rings. The van der Waals surface area contributed by atoms with Crippen LogP contribution in [0.15, 0.2) is 23.2 Å². The summed E-state index contributed by atoms with van der Waals surface area (Å²) < 4.78 is 59.2. The molecule has 1 atom stereocenters. The number of pyridine rings is 2. The van der Waals surface area contributed by atoms with E-state index in [0.717, 1.165) is 12.3 Å². The lowest BCUT2D eigenvalue weighted by Gasteiger charge is -2.21. The maximum Gasteiger partial charge on any atom is 0.417 e. The molecule has 3 rings (SSSR count). The summed E-state index contributed by atoms with van der Waals surface area (Å²) in [7, 11) is 0.122. The van der Waals surface area contributed by atoms with Gasteiger partial charge in [0.05, 0.1) is 27.0 Å². The Morgan fingerprint density at radius 2 is 1.94 bits per heavy atom. The fourth-order valence-electron chi connectivity index (χ4n) is 2.90. The van der Waals surface area contributed by atoms with Crippen LogP contribution in [0.25, 0.3) is 22.7 Å². The van der Waals surface area contributed by atoms with E-state index in [1.165, 1.54) is 4.57 Å². The second-order valence-electron chi connectivity index (χ2n) is 7.34. The minimum absolute atomic E-state index is 0.0472. The molecule has 164 valence electrons. The predicted molar refractivity (Wildman–Crippen MR) is 109 cm³/mol. The number of rotatable bonds is 5. The topological polar surface area (TPSA) is 93.7 Å². The molecule has 3 aromatic heterocycles. The molecule has 0 bridgehead atoms. The van der Waals surface area contributed by atoms with E-state index in [0.29, 0.717) is 16.3 Å². The monoisotopic (exact) mass is 451 g/mol. The minimum Gasteiger partial charge on any atom is -0.471 e. The molecule has 0 unspecified atom stereocenters. The smallest absolute Gasteiger partial charge is 0.417 e. The van der Waals surface area contributed by atoms with Crippen molar-refractivity contribution in [3.05, 3.63) is 29.6 Å². The van der Waals surface area contributed by atoms with Crippen molar-refractivity contribution < 1.29 is 22.1 Å². The van der Waals surface area contributed by atoms with E-state index < -0.39 is 28.1 Å². The van der Waals surface area contributed by atoms with Crippen molar-refractivity contribution >= 4 is 22.0 Å². The highest BCUT2D eigenvalue weighted by Gasteiger charge is 2.32. The van der Waals surface area contributed by atoms with Crippen LogP contribution in [0.3, 0.4) is 0 Å². The van der Waals surface area contributed by atoms with E-state index in [4.69, 9.17) is 4.74 Å². The molecular formula is C20H20F3N5O2S. The fourth-order valence-corrected chi connectivity index (χ4v) is 3.80. The SMILES string of the molecule is CC[S@@](=O)c1cc(OC(C)(C)C#N)c(C)nc1-c1nc2cc(C(F)(F)F)cnc2n1C. The van der Waals surface area contributed by atoms with Crippen LogP contribution in [-0.2, 0) is 24.0 Å². The molecular weight excluding hydrogens is 431 g/mol. The van der Waals surface area contributed by atoms with Crippen LogP contribution in [0.1, 0.15) is 32.0 Å². The van der Waals surface area contributed by atoms with Crippen molar-refractivity contribution in [3.8, 4) is 23.3 Å². The van der Waals surface area contributed by atoms with E-state index in [2.05, 4.69) is 15.0 Å². The van der Waals surface area contributed by atoms with Crippen molar-refractivity contribution in [1.29, 1.82) is 5.26 Å². The molecule has 0 aromatic carbocycles. The zero-order valence-corrected chi connectivity index (χ0v) is 18.4. The number of imidazole rings is 1. The third-order valence-corrected chi connectivity index (χ3v) is 5.85. The Hall–Kier alpha value is -3.00. The van der Waals surface area contributed by atoms with Crippen molar-refractivity contribution in [2.45, 2.75) is 44.4 Å². The summed E-state index contributed by atoms with van der Waals surface area (Å²) >= 11 is 0. The number of halogens is 3. The summed E-state index contributed by atoms with van der Waals surface area (Å²) in [5.41, 5.74) is -1.07. The fraction of sp³-hybridized carbons (Fsp3) is 0.400. The number of nitrogens with zero attached hydrogens (tertiary/aromatic N) is 5. The molecule has 0 aliphatic carbocycles. The van der Waals surface area contributed by atoms with Gasteiger partial charge in [0.2, 0.25) is 0 Å². The lowest BCUT2D eigenvalue weighted by atomic mass is 10.1. The van der Waals surface area contributed by atoms with E-state index in [1.807, 2.05) is 6.07 Å². The van der Waals surface area contributed by atoms with E-state index >= 15 is 0 Å². The van der Waals surface area contributed by atoms with E-state index in [-0.39, 0.29) is 28.4 Å². The van der Waals surface area contributed by atoms with Gasteiger partial charge in [0.15, 0.2) is 17.1 Å². The largest absolute Gasteiger partial charge is 0.471 e. The van der Waals surface area contributed by atoms with Gasteiger partial charge in [-0.1, -0.05) is 6.92 Å². The number of aromatic nitrogens is 4. The molecule has 7 nitrogen and oxygen atoms in total. The number of alkyl halides is 3. The Morgan fingerprint density at radius 3 is 2.52 bits per heavy atom. The molecule has 31 heavy (non-hydrogen) atoms.